The Hall–Kier alpha value is -1.15. The number of hydrogen-bond acceptors (Lipinski definition) is 6. The maximum Gasteiger partial charge on any atom is 0.105 e. The Morgan fingerprint density at radius 2 is 1.83 bits per heavy atom. The van der Waals surface area contributed by atoms with Gasteiger partial charge in [-0.15, -0.1) is 12.6 Å². The quantitative estimate of drug-likeness (QED) is 0.334. The highest BCUT2D eigenvalue weighted by Crippen LogP contribution is 2.21. The molecule has 3 rings (SSSR count). The van der Waals surface area contributed by atoms with Gasteiger partial charge in [0.05, 0.1) is 13.2 Å². The van der Waals surface area contributed by atoms with Gasteiger partial charge in [-0.1, -0.05) is 42.5 Å². The number of nitrogens with zero attached hydrogens (tertiary/aromatic N) is 3. The van der Waals surface area contributed by atoms with Crippen LogP contribution in [-0.4, -0.2) is 86.8 Å². The van der Waals surface area contributed by atoms with E-state index < -0.39 is 0 Å². The number of ether oxygens (including phenoxy) is 1. The van der Waals surface area contributed by atoms with Crippen molar-refractivity contribution in [1.82, 2.24) is 20.0 Å². The van der Waals surface area contributed by atoms with Gasteiger partial charge in [-0.2, -0.15) is 0 Å². The van der Waals surface area contributed by atoms with Gasteiger partial charge >= 0.3 is 0 Å². The lowest BCUT2D eigenvalue weighted by molar-refractivity contribution is 0.0372. The van der Waals surface area contributed by atoms with E-state index in [-0.39, 0.29) is 5.50 Å². The first kappa shape index (κ1) is 22.5. The second-order valence-corrected chi connectivity index (χ2v) is 8.54. The van der Waals surface area contributed by atoms with Crippen LogP contribution in [0.2, 0.25) is 0 Å². The highest BCUT2D eigenvalue weighted by molar-refractivity contribution is 7.80. The molecular formula is C23H36N4OS. The minimum Gasteiger partial charge on any atom is -0.379 e. The van der Waals surface area contributed by atoms with Crippen LogP contribution in [0, 0.1) is 0 Å². The monoisotopic (exact) mass is 416 g/mol. The fraction of sp³-hybridized carbons (Fsp3) is 0.565. The molecule has 0 aromatic heterocycles. The highest BCUT2D eigenvalue weighted by atomic mass is 32.1. The smallest absolute Gasteiger partial charge is 0.105 e. The molecule has 0 unspecified atom stereocenters. The van der Waals surface area contributed by atoms with Gasteiger partial charge in [0, 0.05) is 32.7 Å². The van der Waals surface area contributed by atoms with Gasteiger partial charge in [0.2, 0.25) is 0 Å². The van der Waals surface area contributed by atoms with E-state index >= 15 is 0 Å². The number of fused-ring (bicyclic) bond motifs is 1. The molecule has 2 aromatic carbocycles. The molecule has 0 radical (unpaired) electrons. The molecule has 0 saturated carbocycles. The van der Waals surface area contributed by atoms with Gasteiger partial charge in [-0.05, 0) is 49.9 Å². The third kappa shape index (κ3) is 7.24. The Morgan fingerprint density at radius 1 is 1.07 bits per heavy atom. The minimum absolute atomic E-state index is 0.0404. The molecule has 1 atom stereocenters. The molecule has 6 heteroatoms. The van der Waals surface area contributed by atoms with Crippen LogP contribution < -0.4 is 5.32 Å². The third-order valence-corrected chi connectivity index (χ3v) is 6.02. The Morgan fingerprint density at radius 3 is 2.62 bits per heavy atom. The van der Waals surface area contributed by atoms with Crippen LogP contribution in [0.15, 0.2) is 42.5 Å². The van der Waals surface area contributed by atoms with Crippen molar-refractivity contribution in [2.45, 2.75) is 18.5 Å². The summed E-state index contributed by atoms with van der Waals surface area (Å²) in [6.45, 7) is 8.81. The summed E-state index contributed by atoms with van der Waals surface area (Å²) in [5.74, 6) is 0. The van der Waals surface area contributed by atoms with Crippen LogP contribution in [0.4, 0.5) is 0 Å². The average Bonchev–Trinajstić information content (AvgIpc) is 2.74. The lowest BCUT2D eigenvalue weighted by Crippen LogP contribution is -2.45. The molecule has 0 amide bonds. The maximum atomic E-state index is 5.43. The molecule has 29 heavy (non-hydrogen) atoms. The summed E-state index contributed by atoms with van der Waals surface area (Å²) in [5.41, 5.74) is 1.40. The fourth-order valence-electron chi connectivity index (χ4n) is 3.75. The molecule has 1 fully saturated rings. The molecule has 0 bridgehead atoms. The Labute approximate surface area is 181 Å². The second kappa shape index (κ2) is 11.9. The summed E-state index contributed by atoms with van der Waals surface area (Å²) < 4.78 is 5.43. The van der Waals surface area contributed by atoms with Crippen molar-refractivity contribution < 1.29 is 4.74 Å². The van der Waals surface area contributed by atoms with Crippen LogP contribution in [0.25, 0.3) is 10.8 Å². The summed E-state index contributed by atoms with van der Waals surface area (Å²) in [4.78, 5) is 7.15. The van der Waals surface area contributed by atoms with Crippen LogP contribution in [0.1, 0.15) is 12.0 Å². The van der Waals surface area contributed by atoms with E-state index in [2.05, 4.69) is 76.6 Å². The summed E-state index contributed by atoms with van der Waals surface area (Å²) >= 11 is 4.91. The van der Waals surface area contributed by atoms with Gasteiger partial charge in [-0.3, -0.25) is 15.1 Å². The molecule has 160 valence electrons. The molecule has 1 saturated heterocycles. The van der Waals surface area contributed by atoms with Crippen LogP contribution >= 0.6 is 12.6 Å². The number of benzene rings is 2. The molecule has 1 aliphatic heterocycles. The predicted octanol–water partition coefficient (Wildman–Crippen LogP) is 2.73. The molecule has 1 heterocycles. The Kier molecular flexibility index (Phi) is 9.24. The van der Waals surface area contributed by atoms with Crippen LogP contribution in [0.3, 0.4) is 0 Å². The lowest BCUT2D eigenvalue weighted by Gasteiger charge is -2.31. The second-order valence-electron chi connectivity index (χ2n) is 8.05. The van der Waals surface area contributed by atoms with Crippen LogP contribution in [-0.2, 0) is 11.3 Å². The predicted molar refractivity (Wildman–Crippen MR) is 126 cm³/mol. The van der Waals surface area contributed by atoms with Crippen molar-refractivity contribution in [3.8, 4) is 0 Å². The molecule has 0 spiro atoms. The van der Waals surface area contributed by atoms with Gasteiger partial charge in [0.1, 0.15) is 5.50 Å². The zero-order valence-corrected chi connectivity index (χ0v) is 18.8. The van der Waals surface area contributed by atoms with Crippen molar-refractivity contribution in [1.29, 1.82) is 0 Å². The first-order valence-corrected chi connectivity index (χ1v) is 11.2. The van der Waals surface area contributed by atoms with Crippen molar-refractivity contribution in [3.05, 3.63) is 48.0 Å². The van der Waals surface area contributed by atoms with Crippen molar-refractivity contribution in [3.63, 3.8) is 0 Å². The maximum absolute atomic E-state index is 5.43. The number of nitrogens with one attached hydrogen (secondary N) is 1. The summed E-state index contributed by atoms with van der Waals surface area (Å²) in [5, 5.41) is 6.26. The zero-order valence-electron chi connectivity index (χ0n) is 17.9. The van der Waals surface area contributed by atoms with E-state index in [1.165, 1.54) is 16.3 Å². The largest absolute Gasteiger partial charge is 0.379 e. The van der Waals surface area contributed by atoms with Crippen molar-refractivity contribution in [2.75, 3.05) is 66.6 Å². The average molecular weight is 417 g/mol. The Balaban J connectivity index is 1.56. The van der Waals surface area contributed by atoms with E-state index in [1.54, 1.807) is 0 Å². The van der Waals surface area contributed by atoms with E-state index in [9.17, 15) is 0 Å². The van der Waals surface area contributed by atoms with Crippen molar-refractivity contribution >= 4 is 23.4 Å². The molecular weight excluding hydrogens is 380 g/mol. The SMILES string of the molecule is CN(C)CCN(Cc1cccc2ccccc12)[C@@H](S)NCCCN1CCOCC1. The minimum atomic E-state index is 0.0404. The van der Waals surface area contributed by atoms with E-state index in [1.807, 2.05) is 0 Å². The van der Waals surface area contributed by atoms with E-state index in [4.69, 9.17) is 17.4 Å². The number of thiol groups is 1. The summed E-state index contributed by atoms with van der Waals surface area (Å²) in [7, 11) is 4.25. The van der Waals surface area contributed by atoms with Gasteiger partial charge in [-0.25, -0.2) is 0 Å². The van der Waals surface area contributed by atoms with Gasteiger partial charge < -0.3 is 9.64 Å². The fourth-order valence-corrected chi connectivity index (χ4v) is 4.08. The molecule has 1 aliphatic rings. The number of hydrogen-bond donors (Lipinski definition) is 2. The first-order valence-electron chi connectivity index (χ1n) is 10.7. The summed E-state index contributed by atoms with van der Waals surface area (Å²) in [6, 6.07) is 15.2. The zero-order chi connectivity index (χ0) is 20.5. The van der Waals surface area contributed by atoms with E-state index in [0.29, 0.717) is 0 Å². The molecule has 5 nitrogen and oxygen atoms in total. The third-order valence-electron chi connectivity index (χ3n) is 5.52. The lowest BCUT2D eigenvalue weighted by atomic mass is 10.0. The van der Waals surface area contributed by atoms with Gasteiger partial charge in [0.15, 0.2) is 0 Å². The topological polar surface area (TPSA) is 31.0 Å². The summed E-state index contributed by atoms with van der Waals surface area (Å²) in [6.07, 6.45) is 1.13. The number of likely N-dealkylation sites (N-methyl/N-ethyl adjacent to an activating group) is 1. The normalized spacial score (nSPS) is 16.7. The van der Waals surface area contributed by atoms with Gasteiger partial charge in [0.25, 0.3) is 0 Å². The first-order chi connectivity index (χ1) is 14.1. The standard InChI is InChI=1S/C23H36N4OS/c1-25(2)13-14-27(19-21-9-5-8-20-7-3-4-10-22(20)21)23(29)24-11-6-12-26-15-17-28-18-16-26/h3-5,7-10,23-24,29H,6,11-19H2,1-2H3/t23-/m0/s1. The molecule has 2 aromatic rings. The highest BCUT2D eigenvalue weighted by Gasteiger charge is 2.16. The number of morpholine rings is 1. The van der Waals surface area contributed by atoms with Crippen molar-refractivity contribution in [2.24, 2.45) is 0 Å². The Bertz CT molecular complexity index is 730. The van der Waals surface area contributed by atoms with Crippen LogP contribution in [0.5, 0.6) is 0 Å². The molecule has 0 aliphatic carbocycles. The molecule has 1 N–H and O–H groups in total. The number of rotatable bonds is 11. The van der Waals surface area contributed by atoms with E-state index in [0.717, 1.165) is 65.4 Å².